The summed E-state index contributed by atoms with van der Waals surface area (Å²) in [4.78, 5) is 0. The molecule has 1 aliphatic carbocycles. The van der Waals surface area contributed by atoms with Crippen molar-refractivity contribution in [2.45, 2.75) is 26.2 Å². The van der Waals surface area contributed by atoms with Crippen molar-refractivity contribution in [3.63, 3.8) is 0 Å². The highest BCUT2D eigenvalue weighted by molar-refractivity contribution is 5.56. The van der Waals surface area contributed by atoms with E-state index in [1.807, 2.05) is 12.1 Å². The second kappa shape index (κ2) is 5.92. The summed E-state index contributed by atoms with van der Waals surface area (Å²) in [6.07, 6.45) is 3.77. The molecule has 94 valence electrons. The number of benzene rings is 1. The first-order valence-electron chi connectivity index (χ1n) is 6.43. The molecule has 1 aromatic rings. The second-order valence-electron chi connectivity index (χ2n) is 4.93. The van der Waals surface area contributed by atoms with Crippen molar-refractivity contribution < 1.29 is 4.74 Å². The normalized spacial score (nSPS) is 14.9. The zero-order valence-corrected chi connectivity index (χ0v) is 10.5. The molecule has 1 fully saturated rings. The highest BCUT2D eigenvalue weighted by atomic mass is 16.5. The van der Waals surface area contributed by atoms with Crippen LogP contribution in [-0.4, -0.2) is 19.8 Å². The summed E-state index contributed by atoms with van der Waals surface area (Å²) < 4.78 is 5.58. The average molecular weight is 234 g/mol. The molecule has 3 heteroatoms. The molecule has 1 saturated carbocycles. The lowest BCUT2D eigenvalue weighted by Gasteiger charge is -2.08. The fraction of sp³-hybridized carbons (Fsp3) is 0.571. The highest BCUT2D eigenvalue weighted by Crippen LogP contribution is 2.28. The average Bonchev–Trinajstić information content (AvgIpc) is 3.05. The van der Waals surface area contributed by atoms with Crippen molar-refractivity contribution in [1.82, 2.24) is 0 Å². The van der Waals surface area contributed by atoms with Gasteiger partial charge in [0, 0.05) is 31.1 Å². The van der Waals surface area contributed by atoms with Gasteiger partial charge < -0.3 is 15.8 Å². The number of rotatable bonds is 7. The van der Waals surface area contributed by atoms with Crippen LogP contribution in [-0.2, 0) is 4.74 Å². The maximum Gasteiger partial charge on any atom is 0.0494 e. The summed E-state index contributed by atoms with van der Waals surface area (Å²) in [7, 11) is 0. The number of nitrogen functional groups attached to an aromatic ring is 1. The van der Waals surface area contributed by atoms with Crippen molar-refractivity contribution in [1.29, 1.82) is 0 Å². The van der Waals surface area contributed by atoms with Gasteiger partial charge in [0.05, 0.1) is 0 Å². The number of ether oxygens (including phenoxy) is 1. The number of anilines is 2. The third-order valence-corrected chi connectivity index (χ3v) is 2.94. The van der Waals surface area contributed by atoms with Crippen LogP contribution in [0.3, 0.4) is 0 Å². The van der Waals surface area contributed by atoms with Crippen LogP contribution in [0.2, 0.25) is 0 Å². The van der Waals surface area contributed by atoms with E-state index in [2.05, 4.69) is 18.3 Å². The Labute approximate surface area is 103 Å². The van der Waals surface area contributed by atoms with E-state index in [9.17, 15) is 0 Å². The molecule has 3 N–H and O–H groups in total. The van der Waals surface area contributed by atoms with E-state index in [-0.39, 0.29) is 0 Å². The smallest absolute Gasteiger partial charge is 0.0494 e. The van der Waals surface area contributed by atoms with E-state index in [4.69, 9.17) is 10.5 Å². The summed E-state index contributed by atoms with van der Waals surface area (Å²) in [5.41, 5.74) is 8.90. The molecule has 2 rings (SSSR count). The fourth-order valence-corrected chi connectivity index (χ4v) is 1.86. The Morgan fingerprint density at radius 3 is 2.88 bits per heavy atom. The number of aryl methyl sites for hydroxylation is 1. The Morgan fingerprint density at radius 2 is 2.18 bits per heavy atom. The zero-order valence-electron chi connectivity index (χ0n) is 10.5. The summed E-state index contributed by atoms with van der Waals surface area (Å²) >= 11 is 0. The molecular weight excluding hydrogens is 212 g/mol. The van der Waals surface area contributed by atoms with Crippen molar-refractivity contribution in [3.8, 4) is 0 Å². The van der Waals surface area contributed by atoms with Gasteiger partial charge in [-0.05, 0) is 55.9 Å². The minimum absolute atomic E-state index is 0.817. The third-order valence-electron chi connectivity index (χ3n) is 2.94. The first kappa shape index (κ1) is 12.2. The van der Waals surface area contributed by atoms with Gasteiger partial charge in [-0.3, -0.25) is 0 Å². The van der Waals surface area contributed by atoms with Crippen LogP contribution in [0.1, 0.15) is 24.8 Å². The van der Waals surface area contributed by atoms with Crippen LogP contribution in [0.4, 0.5) is 11.4 Å². The molecule has 3 nitrogen and oxygen atoms in total. The van der Waals surface area contributed by atoms with Crippen LogP contribution in [0.5, 0.6) is 0 Å². The molecule has 1 aliphatic rings. The summed E-state index contributed by atoms with van der Waals surface area (Å²) in [6.45, 7) is 4.80. The van der Waals surface area contributed by atoms with Gasteiger partial charge >= 0.3 is 0 Å². The molecule has 0 spiro atoms. The minimum Gasteiger partial charge on any atom is -0.399 e. The largest absolute Gasteiger partial charge is 0.399 e. The summed E-state index contributed by atoms with van der Waals surface area (Å²) in [5, 5.41) is 3.37. The molecule has 0 atom stereocenters. The van der Waals surface area contributed by atoms with E-state index in [1.165, 1.54) is 18.4 Å². The van der Waals surface area contributed by atoms with Gasteiger partial charge in [-0.25, -0.2) is 0 Å². The monoisotopic (exact) mass is 234 g/mol. The van der Waals surface area contributed by atoms with E-state index in [1.54, 1.807) is 0 Å². The highest BCUT2D eigenvalue weighted by Gasteiger charge is 2.20. The molecule has 0 aromatic heterocycles. The van der Waals surface area contributed by atoms with E-state index in [0.717, 1.165) is 43.5 Å². The van der Waals surface area contributed by atoms with Gasteiger partial charge in [0.25, 0.3) is 0 Å². The topological polar surface area (TPSA) is 47.3 Å². The first-order chi connectivity index (χ1) is 8.24. The number of nitrogens with two attached hydrogens (primary N) is 1. The lowest BCUT2D eigenvalue weighted by molar-refractivity contribution is 0.124. The number of hydrogen-bond donors (Lipinski definition) is 2. The molecule has 17 heavy (non-hydrogen) atoms. The maximum absolute atomic E-state index is 5.79. The van der Waals surface area contributed by atoms with Gasteiger partial charge in [0.1, 0.15) is 0 Å². The SMILES string of the molecule is Cc1cc(N)cc(NCCCOCC2CC2)c1. The third kappa shape index (κ3) is 4.65. The fourth-order valence-electron chi connectivity index (χ4n) is 1.86. The van der Waals surface area contributed by atoms with E-state index in [0.29, 0.717) is 0 Å². The molecule has 0 heterocycles. The first-order valence-corrected chi connectivity index (χ1v) is 6.43. The zero-order chi connectivity index (χ0) is 12.1. The Balaban J connectivity index is 1.59. The van der Waals surface area contributed by atoms with Crippen LogP contribution in [0, 0.1) is 12.8 Å². The molecule has 0 bridgehead atoms. The Kier molecular flexibility index (Phi) is 4.26. The molecule has 1 aromatic carbocycles. The van der Waals surface area contributed by atoms with E-state index < -0.39 is 0 Å². The maximum atomic E-state index is 5.79. The molecule has 0 saturated heterocycles. The van der Waals surface area contributed by atoms with Crippen molar-refractivity contribution in [2.24, 2.45) is 5.92 Å². The number of nitrogens with one attached hydrogen (secondary N) is 1. The van der Waals surface area contributed by atoms with Crippen molar-refractivity contribution >= 4 is 11.4 Å². The Bertz CT molecular complexity index is 341. The molecular formula is C14H22N2O. The Hall–Kier alpha value is -1.22. The van der Waals surface area contributed by atoms with Crippen LogP contribution in [0.25, 0.3) is 0 Å². The van der Waals surface area contributed by atoms with Gasteiger partial charge in [-0.1, -0.05) is 0 Å². The lowest BCUT2D eigenvalue weighted by atomic mass is 10.2. The Morgan fingerprint density at radius 1 is 1.35 bits per heavy atom. The molecule has 0 amide bonds. The minimum atomic E-state index is 0.817. The van der Waals surface area contributed by atoms with Crippen molar-refractivity contribution in [2.75, 3.05) is 30.8 Å². The predicted octanol–water partition coefficient (Wildman–Crippen LogP) is 2.81. The van der Waals surface area contributed by atoms with Gasteiger partial charge in [-0.15, -0.1) is 0 Å². The summed E-state index contributed by atoms with van der Waals surface area (Å²) in [5.74, 6) is 0.861. The predicted molar refractivity (Wildman–Crippen MR) is 72.2 cm³/mol. The van der Waals surface area contributed by atoms with E-state index >= 15 is 0 Å². The van der Waals surface area contributed by atoms with Crippen LogP contribution >= 0.6 is 0 Å². The summed E-state index contributed by atoms with van der Waals surface area (Å²) in [6, 6.07) is 6.06. The molecule has 0 radical (unpaired) electrons. The van der Waals surface area contributed by atoms with Gasteiger partial charge in [0.15, 0.2) is 0 Å². The van der Waals surface area contributed by atoms with Gasteiger partial charge in [0.2, 0.25) is 0 Å². The quantitative estimate of drug-likeness (QED) is 0.563. The van der Waals surface area contributed by atoms with Gasteiger partial charge in [-0.2, -0.15) is 0 Å². The number of hydrogen-bond acceptors (Lipinski definition) is 3. The second-order valence-corrected chi connectivity index (χ2v) is 4.93. The molecule has 0 aliphatic heterocycles. The standard InChI is InChI=1S/C14H22N2O/c1-11-7-13(15)9-14(8-11)16-5-2-6-17-10-12-3-4-12/h7-9,12,16H,2-6,10,15H2,1H3. The molecule has 0 unspecified atom stereocenters. The van der Waals surface area contributed by atoms with Crippen LogP contribution < -0.4 is 11.1 Å². The lowest BCUT2D eigenvalue weighted by Crippen LogP contribution is -2.07. The van der Waals surface area contributed by atoms with Crippen molar-refractivity contribution in [3.05, 3.63) is 23.8 Å². The van der Waals surface area contributed by atoms with Crippen LogP contribution in [0.15, 0.2) is 18.2 Å².